The molecule has 51 heavy (non-hydrogen) atoms. The van der Waals surface area contributed by atoms with Crippen LogP contribution < -0.4 is 24.4 Å². The van der Waals surface area contributed by atoms with Crippen LogP contribution in [-0.2, 0) is 16.4 Å². The number of pyridine rings is 1. The molecular weight excluding hydrogens is 702 g/mol. The van der Waals surface area contributed by atoms with Crippen LogP contribution in [0, 0.1) is 11.8 Å². The number of para-hydroxylation sites is 1. The number of anilines is 2. The van der Waals surface area contributed by atoms with E-state index in [4.69, 9.17) is 9.97 Å². The molecule has 0 unspecified atom stereocenters. The first kappa shape index (κ1) is 37.9. The summed E-state index contributed by atoms with van der Waals surface area (Å²) < 4.78 is 115. The Morgan fingerprint density at radius 3 is 2.20 bits per heavy atom. The molecule has 2 heterocycles. The Balaban J connectivity index is 1.17. The molecule has 0 bridgehead atoms. The van der Waals surface area contributed by atoms with E-state index in [9.17, 15) is 34.8 Å². The van der Waals surface area contributed by atoms with Crippen LogP contribution in [0.25, 0.3) is 10.9 Å². The molecule has 2 N–H and O–H groups in total. The van der Waals surface area contributed by atoms with Crippen molar-refractivity contribution in [1.29, 1.82) is 0 Å². The molecule has 0 radical (unpaired) electrons. The Morgan fingerprint density at radius 1 is 0.843 bits per heavy atom. The van der Waals surface area contributed by atoms with Gasteiger partial charge in [0.15, 0.2) is 13.2 Å². The highest BCUT2D eigenvalue weighted by atomic mass is 32.2. The Bertz CT molecular complexity index is 1860. The predicted molar refractivity (Wildman–Crippen MR) is 179 cm³/mol. The highest BCUT2D eigenvalue weighted by Crippen LogP contribution is 2.33. The molecule has 4 aromatic rings. The lowest BCUT2D eigenvalue weighted by Gasteiger charge is -2.29. The van der Waals surface area contributed by atoms with E-state index in [0.717, 1.165) is 59.9 Å². The van der Waals surface area contributed by atoms with Gasteiger partial charge in [-0.25, -0.2) is 18.1 Å². The van der Waals surface area contributed by atoms with Crippen molar-refractivity contribution in [3.05, 3.63) is 72.6 Å². The van der Waals surface area contributed by atoms with E-state index in [2.05, 4.69) is 29.4 Å². The minimum absolute atomic E-state index is 0.0171. The van der Waals surface area contributed by atoms with Crippen LogP contribution in [-0.4, -0.2) is 75.6 Å². The number of fused-ring (bicyclic) bond motifs is 1. The summed E-state index contributed by atoms with van der Waals surface area (Å²) >= 11 is 0. The summed E-state index contributed by atoms with van der Waals surface area (Å²) in [7, 11) is -2.51. The zero-order valence-corrected chi connectivity index (χ0v) is 28.5. The van der Waals surface area contributed by atoms with E-state index in [1.807, 2.05) is 49.5 Å². The lowest BCUT2D eigenvalue weighted by atomic mass is 9.82. The van der Waals surface area contributed by atoms with Crippen molar-refractivity contribution in [2.24, 2.45) is 11.8 Å². The van der Waals surface area contributed by atoms with Crippen LogP contribution in [0.2, 0.25) is 0 Å². The van der Waals surface area contributed by atoms with Gasteiger partial charge in [-0.3, -0.25) is 4.98 Å². The average molecular weight is 741 g/mol. The highest BCUT2D eigenvalue weighted by molar-refractivity contribution is 7.89. The van der Waals surface area contributed by atoms with E-state index >= 15 is 0 Å². The smallest absolute Gasteiger partial charge is 0.422 e. The molecule has 5 rings (SSSR count). The van der Waals surface area contributed by atoms with E-state index in [1.165, 1.54) is 0 Å². The first-order valence-corrected chi connectivity index (χ1v) is 17.8. The number of nitrogens with one attached hydrogen (secondary N) is 2. The van der Waals surface area contributed by atoms with Gasteiger partial charge < -0.3 is 19.7 Å². The number of benzene rings is 2. The molecule has 1 fully saturated rings. The Morgan fingerprint density at radius 2 is 1.51 bits per heavy atom. The van der Waals surface area contributed by atoms with E-state index in [0.29, 0.717) is 31.9 Å². The third-order valence-electron chi connectivity index (χ3n) is 8.45. The molecule has 1 aliphatic rings. The van der Waals surface area contributed by atoms with Crippen LogP contribution in [0.3, 0.4) is 0 Å². The molecule has 10 nitrogen and oxygen atoms in total. The van der Waals surface area contributed by atoms with Crippen LogP contribution in [0.4, 0.5) is 38.1 Å². The van der Waals surface area contributed by atoms with Crippen molar-refractivity contribution in [2.75, 3.05) is 50.1 Å². The monoisotopic (exact) mass is 740 g/mol. The summed E-state index contributed by atoms with van der Waals surface area (Å²) in [4.78, 5) is 15.3. The third-order valence-corrected chi connectivity index (χ3v) is 9.89. The van der Waals surface area contributed by atoms with Gasteiger partial charge in [-0.2, -0.15) is 31.3 Å². The van der Waals surface area contributed by atoms with Gasteiger partial charge in [-0.05, 0) is 73.9 Å². The third kappa shape index (κ3) is 11.3. The van der Waals surface area contributed by atoms with Gasteiger partial charge in [0.1, 0.15) is 22.2 Å². The molecular formula is C34H38F6N6O4S. The minimum Gasteiger partial charge on any atom is -0.484 e. The molecule has 0 atom stereocenters. The molecule has 1 aliphatic carbocycles. The minimum atomic E-state index is -4.77. The van der Waals surface area contributed by atoms with Gasteiger partial charge >= 0.3 is 12.4 Å². The fourth-order valence-corrected chi connectivity index (χ4v) is 7.05. The van der Waals surface area contributed by atoms with Crippen LogP contribution in [0.5, 0.6) is 11.5 Å². The van der Waals surface area contributed by atoms with Crippen molar-refractivity contribution in [2.45, 2.75) is 49.4 Å². The quantitative estimate of drug-likeness (QED) is 0.127. The second kappa shape index (κ2) is 16.3. The zero-order valence-electron chi connectivity index (χ0n) is 27.7. The van der Waals surface area contributed by atoms with Crippen molar-refractivity contribution in [1.82, 2.24) is 19.7 Å². The van der Waals surface area contributed by atoms with Crippen molar-refractivity contribution >= 4 is 32.7 Å². The number of hydrogen-bond acceptors (Lipinski definition) is 9. The van der Waals surface area contributed by atoms with E-state index in [-0.39, 0.29) is 18.4 Å². The number of nitrogens with zero attached hydrogens (tertiary/aromatic N) is 4. The zero-order chi connectivity index (χ0) is 36.6. The molecule has 0 spiro atoms. The summed E-state index contributed by atoms with van der Waals surface area (Å²) in [6, 6.07) is 16.1. The summed E-state index contributed by atoms with van der Waals surface area (Å²) in [6.07, 6.45) is -4.10. The Kier molecular flexibility index (Phi) is 12.1. The normalized spacial score (nSPS) is 16.9. The highest BCUT2D eigenvalue weighted by Gasteiger charge is 2.32. The number of likely N-dealkylation sites (N-methyl/N-ethyl adjacent to an activating group) is 1. The standard InChI is InChI=1S/C34H38F6N6O4S/c1-46(17-15-25-6-4-5-16-41-25)31-27-7-2-3-8-28(27)44-32(45-31)42-19-23-9-11-24(12-10-23)20-43-51(47,48)30-18-26(49-21-33(35,36)37)13-14-29(30)50-22-34(38,39)40/h2-8,13-14,16,18,23-24,43H,9-12,15,17,19-22H2,1H3,(H,42,44,45)/t23-,24-. The Labute approximate surface area is 291 Å². The molecule has 2 aromatic heterocycles. The van der Waals surface area contributed by atoms with Crippen molar-refractivity contribution in [3.8, 4) is 11.5 Å². The maximum Gasteiger partial charge on any atom is 0.422 e. The van der Waals surface area contributed by atoms with Gasteiger partial charge in [-0.1, -0.05) is 18.2 Å². The van der Waals surface area contributed by atoms with Gasteiger partial charge in [-0.15, -0.1) is 0 Å². The fourth-order valence-electron chi connectivity index (χ4n) is 5.78. The van der Waals surface area contributed by atoms with Gasteiger partial charge in [0.2, 0.25) is 16.0 Å². The van der Waals surface area contributed by atoms with Crippen LogP contribution in [0.15, 0.2) is 71.8 Å². The van der Waals surface area contributed by atoms with Gasteiger partial charge in [0.25, 0.3) is 0 Å². The molecule has 2 aromatic carbocycles. The predicted octanol–water partition coefficient (Wildman–Crippen LogP) is 6.78. The number of aromatic nitrogens is 3. The molecule has 1 saturated carbocycles. The second-order valence-corrected chi connectivity index (χ2v) is 14.2. The molecule has 0 aliphatic heterocycles. The van der Waals surface area contributed by atoms with Crippen molar-refractivity contribution < 1.29 is 44.2 Å². The fraction of sp³-hybridized carbons (Fsp3) is 0.441. The molecule has 0 saturated heterocycles. The van der Waals surface area contributed by atoms with E-state index in [1.54, 1.807) is 6.20 Å². The molecule has 0 amide bonds. The number of alkyl halides is 6. The number of rotatable bonds is 15. The van der Waals surface area contributed by atoms with Crippen LogP contribution in [0.1, 0.15) is 31.4 Å². The summed E-state index contributed by atoms with van der Waals surface area (Å²) in [6.45, 7) is -2.22. The second-order valence-electron chi connectivity index (χ2n) is 12.4. The maximum absolute atomic E-state index is 13.2. The molecule has 17 heteroatoms. The van der Waals surface area contributed by atoms with Gasteiger partial charge in [0.05, 0.1) is 5.52 Å². The maximum atomic E-state index is 13.2. The number of halogens is 6. The number of sulfonamides is 1. The average Bonchev–Trinajstić information content (AvgIpc) is 3.10. The largest absolute Gasteiger partial charge is 0.484 e. The topological polar surface area (TPSA) is 119 Å². The molecule has 276 valence electrons. The lowest BCUT2D eigenvalue weighted by molar-refractivity contribution is -0.154. The van der Waals surface area contributed by atoms with Crippen LogP contribution >= 0.6 is 0 Å². The summed E-state index contributed by atoms with van der Waals surface area (Å²) in [5.41, 5.74) is 1.78. The van der Waals surface area contributed by atoms with Gasteiger partial charge in [0, 0.05) is 56.4 Å². The first-order valence-electron chi connectivity index (χ1n) is 16.3. The van der Waals surface area contributed by atoms with Crippen molar-refractivity contribution in [3.63, 3.8) is 0 Å². The number of hydrogen-bond donors (Lipinski definition) is 2. The summed E-state index contributed by atoms with van der Waals surface area (Å²) in [5, 5.41) is 4.30. The Hall–Kier alpha value is -4.38. The number of ether oxygens (including phenoxy) is 2. The summed E-state index contributed by atoms with van der Waals surface area (Å²) in [5.74, 6) is 0.318. The first-order chi connectivity index (χ1) is 24.1. The van der Waals surface area contributed by atoms with E-state index < -0.39 is 52.0 Å². The SMILES string of the molecule is CN(CCc1ccccn1)c1nc(NC[C@H]2CC[C@H](CNS(=O)(=O)c3cc(OCC(F)(F)F)ccc3OCC(F)(F)F)CC2)nc2ccccc12. The lowest BCUT2D eigenvalue weighted by Crippen LogP contribution is -2.33.